The molecule has 0 heterocycles. The van der Waals surface area contributed by atoms with Gasteiger partial charge in [-0.25, -0.2) is 0 Å². The lowest BCUT2D eigenvalue weighted by Gasteiger charge is -2.17. The summed E-state index contributed by atoms with van der Waals surface area (Å²) in [5.41, 5.74) is 1.69. The SMILES string of the molecule is CCN(CC)CCCCNC(=O)c1ccc(CNC(=O)C2CC2)cc1. The van der Waals surface area contributed by atoms with Crippen LogP contribution in [0.3, 0.4) is 0 Å². The van der Waals surface area contributed by atoms with E-state index in [1.165, 1.54) is 0 Å². The van der Waals surface area contributed by atoms with Crippen molar-refractivity contribution >= 4 is 11.8 Å². The van der Waals surface area contributed by atoms with E-state index in [2.05, 4.69) is 29.4 Å². The zero-order chi connectivity index (χ0) is 18.1. The number of hydrogen-bond acceptors (Lipinski definition) is 3. The Kier molecular flexibility index (Phi) is 7.92. The molecule has 0 saturated heterocycles. The van der Waals surface area contributed by atoms with Gasteiger partial charge in [0.1, 0.15) is 0 Å². The third-order valence-electron chi connectivity index (χ3n) is 4.71. The summed E-state index contributed by atoms with van der Waals surface area (Å²) < 4.78 is 0. The van der Waals surface area contributed by atoms with Gasteiger partial charge in [0.15, 0.2) is 0 Å². The minimum Gasteiger partial charge on any atom is -0.352 e. The van der Waals surface area contributed by atoms with Gasteiger partial charge < -0.3 is 15.5 Å². The first kappa shape index (κ1) is 19.4. The molecule has 5 heteroatoms. The number of rotatable bonds is 11. The van der Waals surface area contributed by atoms with Gasteiger partial charge in [0, 0.05) is 24.6 Å². The van der Waals surface area contributed by atoms with Crippen LogP contribution in [0.2, 0.25) is 0 Å². The first-order valence-electron chi connectivity index (χ1n) is 9.51. The largest absolute Gasteiger partial charge is 0.352 e. The molecule has 25 heavy (non-hydrogen) atoms. The van der Waals surface area contributed by atoms with Crippen LogP contribution in [-0.4, -0.2) is 42.9 Å². The fourth-order valence-corrected chi connectivity index (χ4v) is 2.76. The maximum absolute atomic E-state index is 12.1. The summed E-state index contributed by atoms with van der Waals surface area (Å²) in [6.07, 6.45) is 4.12. The Morgan fingerprint density at radius 2 is 1.72 bits per heavy atom. The Labute approximate surface area is 151 Å². The summed E-state index contributed by atoms with van der Waals surface area (Å²) in [5, 5.41) is 5.91. The van der Waals surface area contributed by atoms with Crippen molar-refractivity contribution in [2.24, 2.45) is 5.92 Å². The number of hydrogen-bond donors (Lipinski definition) is 2. The average molecular weight is 345 g/mol. The third-order valence-corrected chi connectivity index (χ3v) is 4.71. The summed E-state index contributed by atoms with van der Waals surface area (Å²) >= 11 is 0. The van der Waals surface area contributed by atoms with Crippen LogP contribution in [0.5, 0.6) is 0 Å². The number of carbonyl (C=O) groups is 2. The maximum Gasteiger partial charge on any atom is 0.251 e. The van der Waals surface area contributed by atoms with Crippen molar-refractivity contribution in [3.8, 4) is 0 Å². The monoisotopic (exact) mass is 345 g/mol. The number of nitrogens with zero attached hydrogens (tertiary/aromatic N) is 1. The Morgan fingerprint density at radius 3 is 2.32 bits per heavy atom. The van der Waals surface area contributed by atoms with Crippen molar-refractivity contribution in [1.29, 1.82) is 0 Å². The molecule has 0 spiro atoms. The molecule has 1 aromatic carbocycles. The number of amides is 2. The van der Waals surface area contributed by atoms with E-state index in [9.17, 15) is 9.59 Å². The summed E-state index contributed by atoms with van der Waals surface area (Å²) in [4.78, 5) is 26.2. The van der Waals surface area contributed by atoms with Gasteiger partial charge in [0.05, 0.1) is 0 Å². The fourth-order valence-electron chi connectivity index (χ4n) is 2.76. The number of nitrogens with one attached hydrogen (secondary N) is 2. The highest BCUT2D eigenvalue weighted by molar-refractivity contribution is 5.94. The van der Waals surface area contributed by atoms with Crippen molar-refractivity contribution < 1.29 is 9.59 Å². The Balaban J connectivity index is 1.64. The van der Waals surface area contributed by atoms with Crippen LogP contribution in [0.25, 0.3) is 0 Å². The summed E-state index contributed by atoms with van der Waals surface area (Å²) in [5.74, 6) is 0.342. The first-order chi connectivity index (χ1) is 12.1. The van der Waals surface area contributed by atoms with Gasteiger partial charge in [-0.15, -0.1) is 0 Å². The van der Waals surface area contributed by atoms with Crippen LogP contribution in [0.1, 0.15) is 55.5 Å². The van der Waals surface area contributed by atoms with E-state index < -0.39 is 0 Å². The van der Waals surface area contributed by atoms with Crippen molar-refractivity contribution in [1.82, 2.24) is 15.5 Å². The quantitative estimate of drug-likeness (QED) is 0.606. The highest BCUT2D eigenvalue weighted by Gasteiger charge is 2.29. The van der Waals surface area contributed by atoms with Crippen LogP contribution in [0, 0.1) is 5.92 Å². The third kappa shape index (κ3) is 6.86. The second-order valence-corrected chi connectivity index (χ2v) is 6.68. The Morgan fingerprint density at radius 1 is 1.04 bits per heavy atom. The summed E-state index contributed by atoms with van der Waals surface area (Å²) in [6, 6.07) is 7.46. The molecule has 1 aliphatic carbocycles. The highest BCUT2D eigenvalue weighted by Crippen LogP contribution is 2.28. The second-order valence-electron chi connectivity index (χ2n) is 6.68. The van der Waals surface area contributed by atoms with Crippen molar-refractivity contribution in [2.45, 2.75) is 46.1 Å². The molecule has 0 aromatic heterocycles. The lowest BCUT2D eigenvalue weighted by molar-refractivity contribution is -0.122. The van der Waals surface area contributed by atoms with E-state index in [0.717, 1.165) is 50.9 Å². The molecule has 1 aliphatic rings. The van der Waals surface area contributed by atoms with E-state index in [0.29, 0.717) is 18.7 Å². The van der Waals surface area contributed by atoms with Gasteiger partial charge in [-0.3, -0.25) is 9.59 Å². The molecule has 5 nitrogen and oxygen atoms in total. The summed E-state index contributed by atoms with van der Waals surface area (Å²) in [6.45, 7) is 8.83. The molecule has 1 fully saturated rings. The van der Waals surface area contributed by atoms with Crippen LogP contribution < -0.4 is 10.6 Å². The average Bonchev–Trinajstić information content (AvgIpc) is 3.48. The molecule has 2 rings (SSSR count). The van der Waals surface area contributed by atoms with Gasteiger partial charge in [0.25, 0.3) is 5.91 Å². The van der Waals surface area contributed by atoms with Gasteiger partial charge in [-0.1, -0.05) is 26.0 Å². The van der Waals surface area contributed by atoms with Crippen LogP contribution in [-0.2, 0) is 11.3 Å². The molecule has 0 atom stereocenters. The van der Waals surface area contributed by atoms with Gasteiger partial charge in [0.2, 0.25) is 5.91 Å². The minimum absolute atomic E-state index is 0.0311. The summed E-state index contributed by atoms with van der Waals surface area (Å²) in [7, 11) is 0. The zero-order valence-electron chi connectivity index (χ0n) is 15.5. The molecule has 0 bridgehead atoms. The second kappa shape index (κ2) is 10.2. The van der Waals surface area contributed by atoms with E-state index in [1.807, 2.05) is 24.3 Å². The van der Waals surface area contributed by atoms with Crippen LogP contribution in [0.15, 0.2) is 24.3 Å². The van der Waals surface area contributed by atoms with E-state index >= 15 is 0 Å². The Bertz CT molecular complexity index is 549. The molecule has 1 saturated carbocycles. The molecular formula is C20H31N3O2. The number of benzene rings is 1. The molecule has 1 aromatic rings. The zero-order valence-corrected chi connectivity index (χ0v) is 15.5. The van der Waals surface area contributed by atoms with Gasteiger partial charge in [-0.05, 0) is 63.0 Å². The lowest BCUT2D eigenvalue weighted by Crippen LogP contribution is -2.27. The predicted octanol–water partition coefficient (Wildman–Crippen LogP) is 2.56. The maximum atomic E-state index is 12.1. The van der Waals surface area contributed by atoms with Crippen molar-refractivity contribution in [3.05, 3.63) is 35.4 Å². The molecule has 2 amide bonds. The minimum atomic E-state index is -0.0311. The van der Waals surface area contributed by atoms with Gasteiger partial charge >= 0.3 is 0 Å². The lowest BCUT2D eigenvalue weighted by atomic mass is 10.1. The number of carbonyl (C=O) groups excluding carboxylic acids is 2. The molecule has 0 aliphatic heterocycles. The normalized spacial score (nSPS) is 13.7. The number of unbranched alkanes of at least 4 members (excludes halogenated alkanes) is 1. The van der Waals surface area contributed by atoms with Crippen LogP contribution in [0.4, 0.5) is 0 Å². The topological polar surface area (TPSA) is 61.4 Å². The highest BCUT2D eigenvalue weighted by atomic mass is 16.2. The first-order valence-corrected chi connectivity index (χ1v) is 9.51. The van der Waals surface area contributed by atoms with E-state index in [-0.39, 0.29) is 17.7 Å². The predicted molar refractivity (Wildman–Crippen MR) is 100 cm³/mol. The van der Waals surface area contributed by atoms with Crippen LogP contribution >= 0.6 is 0 Å². The standard InChI is InChI=1S/C20H31N3O2/c1-3-23(4-2)14-6-5-13-21-19(24)17-9-7-16(8-10-17)15-22-20(25)18-11-12-18/h7-10,18H,3-6,11-15H2,1-2H3,(H,21,24)(H,22,25). The molecule has 0 unspecified atom stereocenters. The molecule has 2 N–H and O–H groups in total. The molecular weight excluding hydrogens is 314 g/mol. The van der Waals surface area contributed by atoms with Crippen molar-refractivity contribution in [3.63, 3.8) is 0 Å². The van der Waals surface area contributed by atoms with E-state index in [4.69, 9.17) is 0 Å². The molecule has 0 radical (unpaired) electrons. The fraction of sp³-hybridized carbons (Fsp3) is 0.600. The van der Waals surface area contributed by atoms with E-state index in [1.54, 1.807) is 0 Å². The molecule has 138 valence electrons. The van der Waals surface area contributed by atoms with Crippen molar-refractivity contribution in [2.75, 3.05) is 26.2 Å². The Hall–Kier alpha value is -1.88. The smallest absolute Gasteiger partial charge is 0.251 e. The van der Waals surface area contributed by atoms with Gasteiger partial charge in [-0.2, -0.15) is 0 Å².